The van der Waals surface area contributed by atoms with E-state index in [1.165, 1.54) is 11.8 Å². The highest BCUT2D eigenvalue weighted by atomic mass is 32.2. The Labute approximate surface area is 76.8 Å². The van der Waals surface area contributed by atoms with E-state index in [4.69, 9.17) is 5.73 Å². The molecule has 0 aliphatic carbocycles. The van der Waals surface area contributed by atoms with Gasteiger partial charge in [-0.3, -0.25) is 0 Å². The van der Waals surface area contributed by atoms with Crippen LogP contribution in [-0.2, 0) is 0 Å². The molecule has 0 aliphatic rings. The van der Waals surface area contributed by atoms with Gasteiger partial charge in [-0.2, -0.15) is 0 Å². The Morgan fingerprint density at radius 3 is 2.92 bits per heavy atom. The second-order valence-corrected chi connectivity index (χ2v) is 3.30. The number of rotatable bonds is 3. The van der Waals surface area contributed by atoms with Crippen molar-refractivity contribution in [1.29, 1.82) is 0 Å². The Morgan fingerprint density at radius 2 is 2.33 bits per heavy atom. The summed E-state index contributed by atoms with van der Waals surface area (Å²) >= 11 is 1.53. The largest absolute Gasteiger partial charge is 0.398 e. The quantitative estimate of drug-likeness (QED) is 0.554. The molecule has 0 unspecified atom stereocenters. The number of nitrogen functional groups attached to an aromatic ring is 1. The molecule has 0 atom stereocenters. The number of anilines is 2. The molecule has 1 aromatic carbocycles. The fourth-order valence-corrected chi connectivity index (χ4v) is 1.46. The van der Waals surface area contributed by atoms with Crippen LogP contribution >= 0.6 is 11.8 Å². The van der Waals surface area contributed by atoms with Crippen molar-refractivity contribution in [2.24, 2.45) is 0 Å². The van der Waals surface area contributed by atoms with E-state index in [1.54, 1.807) is 5.41 Å². The van der Waals surface area contributed by atoms with Gasteiger partial charge in [0.1, 0.15) is 0 Å². The molecule has 0 heterocycles. The zero-order chi connectivity index (χ0) is 8.97. The van der Waals surface area contributed by atoms with Crippen LogP contribution in [0.2, 0.25) is 0 Å². The van der Waals surface area contributed by atoms with Crippen molar-refractivity contribution in [3.05, 3.63) is 30.2 Å². The number of benzene rings is 1. The normalized spacial score (nSPS) is 9.42. The summed E-state index contributed by atoms with van der Waals surface area (Å²) in [5.41, 5.74) is 7.59. The van der Waals surface area contributed by atoms with Gasteiger partial charge in [0.15, 0.2) is 0 Å². The van der Waals surface area contributed by atoms with Crippen LogP contribution in [0.4, 0.5) is 11.4 Å². The lowest BCUT2D eigenvalue weighted by molar-refractivity contribution is 1.42. The van der Waals surface area contributed by atoms with Gasteiger partial charge in [-0.15, -0.1) is 0 Å². The fraction of sp³-hybridized carbons (Fsp3) is 0.111. The standard InChI is InChI=1S/C9H12N2S/c1-3-12-9-6-7(11-2)4-5-8(9)10/h3-6,11H,1,10H2,2H3. The number of thioether (sulfide) groups is 1. The third-order valence-corrected chi connectivity index (χ3v) is 2.29. The Hall–Kier alpha value is -1.09. The van der Waals surface area contributed by atoms with Crippen LogP contribution in [0.15, 0.2) is 35.1 Å². The summed E-state index contributed by atoms with van der Waals surface area (Å²) < 4.78 is 0. The number of nitrogens with two attached hydrogens (primary N) is 1. The summed E-state index contributed by atoms with van der Waals surface area (Å²) in [6.07, 6.45) is 0. The van der Waals surface area contributed by atoms with Crippen molar-refractivity contribution < 1.29 is 0 Å². The predicted octanol–water partition coefficient (Wildman–Crippen LogP) is 2.55. The monoisotopic (exact) mass is 180 g/mol. The smallest absolute Gasteiger partial charge is 0.0457 e. The predicted molar refractivity (Wildman–Crippen MR) is 56.5 cm³/mol. The Balaban J connectivity index is 2.99. The third kappa shape index (κ3) is 1.95. The molecule has 0 bridgehead atoms. The Bertz CT molecular complexity index is 284. The van der Waals surface area contributed by atoms with Crippen molar-refractivity contribution in [3.8, 4) is 0 Å². The van der Waals surface area contributed by atoms with E-state index in [0.29, 0.717) is 0 Å². The molecular formula is C9H12N2S. The van der Waals surface area contributed by atoms with Crippen molar-refractivity contribution in [1.82, 2.24) is 0 Å². The third-order valence-electron chi connectivity index (χ3n) is 1.51. The first-order valence-corrected chi connectivity index (χ1v) is 4.50. The van der Waals surface area contributed by atoms with E-state index in [9.17, 15) is 0 Å². The highest BCUT2D eigenvalue weighted by Crippen LogP contribution is 2.28. The van der Waals surface area contributed by atoms with Gasteiger partial charge in [0.25, 0.3) is 0 Å². The van der Waals surface area contributed by atoms with E-state index >= 15 is 0 Å². The second kappa shape index (κ2) is 4.07. The van der Waals surface area contributed by atoms with Crippen LogP contribution < -0.4 is 11.1 Å². The highest BCUT2D eigenvalue weighted by molar-refractivity contribution is 8.02. The van der Waals surface area contributed by atoms with E-state index in [-0.39, 0.29) is 0 Å². The van der Waals surface area contributed by atoms with Gasteiger partial charge in [-0.25, -0.2) is 0 Å². The molecule has 3 N–H and O–H groups in total. The van der Waals surface area contributed by atoms with Gasteiger partial charge < -0.3 is 11.1 Å². The van der Waals surface area contributed by atoms with Crippen LogP contribution in [0.5, 0.6) is 0 Å². The zero-order valence-corrected chi connectivity index (χ0v) is 7.82. The van der Waals surface area contributed by atoms with Gasteiger partial charge in [-0.05, 0) is 23.6 Å². The topological polar surface area (TPSA) is 38.0 Å². The zero-order valence-electron chi connectivity index (χ0n) is 7.00. The summed E-state index contributed by atoms with van der Waals surface area (Å²) in [6.45, 7) is 3.64. The molecule has 0 saturated heterocycles. The molecule has 64 valence electrons. The van der Waals surface area contributed by atoms with Gasteiger partial charge in [0.05, 0.1) is 0 Å². The number of nitrogens with one attached hydrogen (secondary N) is 1. The molecule has 12 heavy (non-hydrogen) atoms. The molecule has 0 aliphatic heterocycles. The second-order valence-electron chi connectivity index (χ2n) is 2.29. The van der Waals surface area contributed by atoms with Crippen LogP contribution in [0.1, 0.15) is 0 Å². The van der Waals surface area contributed by atoms with Gasteiger partial charge in [0.2, 0.25) is 0 Å². The highest BCUT2D eigenvalue weighted by Gasteiger charge is 1.98. The van der Waals surface area contributed by atoms with Crippen LogP contribution in [0, 0.1) is 0 Å². The van der Waals surface area contributed by atoms with Crippen LogP contribution in [-0.4, -0.2) is 7.05 Å². The maximum Gasteiger partial charge on any atom is 0.0457 e. The van der Waals surface area contributed by atoms with E-state index < -0.39 is 0 Å². The number of hydrogen-bond donors (Lipinski definition) is 2. The summed E-state index contributed by atoms with van der Waals surface area (Å²) in [5, 5.41) is 4.82. The minimum atomic E-state index is 0.791. The van der Waals surface area contributed by atoms with E-state index in [0.717, 1.165) is 16.3 Å². The van der Waals surface area contributed by atoms with Gasteiger partial charge in [0, 0.05) is 23.3 Å². The first kappa shape index (κ1) is 9.00. The molecule has 0 amide bonds. The molecule has 2 nitrogen and oxygen atoms in total. The minimum absolute atomic E-state index is 0.791. The summed E-state index contributed by atoms with van der Waals surface area (Å²) in [6, 6.07) is 5.84. The fourth-order valence-electron chi connectivity index (χ4n) is 0.882. The Morgan fingerprint density at radius 1 is 1.58 bits per heavy atom. The SMILES string of the molecule is C=CSc1cc(NC)ccc1N. The first-order chi connectivity index (χ1) is 5.77. The maximum atomic E-state index is 5.73. The number of hydrogen-bond acceptors (Lipinski definition) is 3. The molecule has 0 saturated carbocycles. The summed E-state index contributed by atoms with van der Waals surface area (Å²) in [7, 11) is 1.88. The minimum Gasteiger partial charge on any atom is -0.398 e. The molecule has 0 spiro atoms. The lowest BCUT2D eigenvalue weighted by Crippen LogP contribution is -1.91. The van der Waals surface area contributed by atoms with Gasteiger partial charge >= 0.3 is 0 Å². The van der Waals surface area contributed by atoms with Crippen molar-refractivity contribution in [3.63, 3.8) is 0 Å². The van der Waals surface area contributed by atoms with E-state index in [2.05, 4.69) is 11.9 Å². The molecular weight excluding hydrogens is 168 g/mol. The molecule has 0 aromatic heterocycles. The molecule has 3 heteroatoms. The summed E-state index contributed by atoms with van der Waals surface area (Å²) in [4.78, 5) is 1.04. The van der Waals surface area contributed by atoms with Crippen LogP contribution in [0.3, 0.4) is 0 Å². The lowest BCUT2D eigenvalue weighted by atomic mass is 10.3. The first-order valence-electron chi connectivity index (χ1n) is 3.62. The lowest BCUT2D eigenvalue weighted by Gasteiger charge is -2.05. The summed E-state index contributed by atoms with van der Waals surface area (Å²) in [5.74, 6) is 0. The van der Waals surface area contributed by atoms with Crippen LogP contribution in [0.25, 0.3) is 0 Å². The van der Waals surface area contributed by atoms with Gasteiger partial charge in [-0.1, -0.05) is 18.3 Å². The van der Waals surface area contributed by atoms with Crippen molar-refractivity contribution >= 4 is 23.1 Å². The van der Waals surface area contributed by atoms with E-state index in [1.807, 2.05) is 25.2 Å². The molecule has 1 aromatic rings. The molecule has 0 fully saturated rings. The molecule has 0 radical (unpaired) electrons. The maximum absolute atomic E-state index is 5.73. The molecule has 1 rings (SSSR count). The Kier molecular flexibility index (Phi) is 3.05. The van der Waals surface area contributed by atoms with Crippen molar-refractivity contribution in [2.45, 2.75) is 4.90 Å². The average Bonchev–Trinajstić information content (AvgIpc) is 2.09. The van der Waals surface area contributed by atoms with Crippen molar-refractivity contribution in [2.75, 3.05) is 18.1 Å². The average molecular weight is 180 g/mol.